The Kier molecular flexibility index (Phi) is 12.0. The van der Waals surface area contributed by atoms with Crippen LogP contribution in [0.2, 0.25) is 0 Å². The van der Waals surface area contributed by atoms with Crippen molar-refractivity contribution in [3.63, 3.8) is 0 Å². The van der Waals surface area contributed by atoms with Crippen molar-refractivity contribution in [1.29, 1.82) is 21.0 Å². The van der Waals surface area contributed by atoms with E-state index in [0.29, 0.717) is 57.8 Å². The largest absolute Gasteiger partial charge is 0.488 e. The van der Waals surface area contributed by atoms with E-state index in [4.69, 9.17) is 18.9 Å². The fraction of sp³-hybridized carbons (Fsp3) is 0.533. The lowest BCUT2D eigenvalue weighted by molar-refractivity contribution is 0.208. The van der Waals surface area contributed by atoms with Gasteiger partial charge in [-0.25, -0.2) is 0 Å². The standard InChI is InChI=1S/C30H34N4O4S2/c1-5-9-11-19(7-3)17-35-23-25-28(40-29(37-25)21(13-31)14-32)24(36-18-20(8-4)12-10-6-2)26-27(23)39-30(38-26)22(15-33)16-34/h19-20H,5-12,17-18H2,1-4H3. The number of nitriles is 4. The molecule has 8 nitrogen and oxygen atoms in total. The van der Waals surface area contributed by atoms with Crippen LogP contribution in [-0.4, -0.2) is 13.2 Å². The van der Waals surface area contributed by atoms with Crippen molar-refractivity contribution in [3.05, 3.63) is 21.3 Å². The van der Waals surface area contributed by atoms with Gasteiger partial charge in [0.25, 0.3) is 0 Å². The minimum atomic E-state index is -0.146. The van der Waals surface area contributed by atoms with Crippen LogP contribution in [0.4, 0.5) is 0 Å². The predicted molar refractivity (Wildman–Crippen MR) is 154 cm³/mol. The molecule has 1 aromatic carbocycles. The van der Waals surface area contributed by atoms with Crippen molar-refractivity contribution in [2.24, 2.45) is 11.8 Å². The Morgan fingerprint density at radius 2 is 1.05 bits per heavy atom. The van der Waals surface area contributed by atoms with E-state index >= 15 is 0 Å². The zero-order valence-corrected chi connectivity index (χ0v) is 25.1. The zero-order chi connectivity index (χ0) is 29.1. The molecule has 2 aliphatic rings. The van der Waals surface area contributed by atoms with Crippen LogP contribution in [0.15, 0.2) is 31.1 Å². The number of hydrogen-bond donors (Lipinski definition) is 0. The average molecular weight is 579 g/mol. The summed E-state index contributed by atoms with van der Waals surface area (Å²) < 4.78 is 25.1. The molecule has 1 aromatic rings. The van der Waals surface area contributed by atoms with Gasteiger partial charge in [0.05, 0.1) is 13.2 Å². The van der Waals surface area contributed by atoms with E-state index in [-0.39, 0.29) is 21.3 Å². The summed E-state index contributed by atoms with van der Waals surface area (Å²) in [7, 11) is 0. The van der Waals surface area contributed by atoms with E-state index in [1.54, 1.807) is 0 Å². The summed E-state index contributed by atoms with van der Waals surface area (Å²) in [6, 6.07) is 7.61. The molecule has 0 aliphatic carbocycles. The molecule has 0 N–H and O–H groups in total. The van der Waals surface area contributed by atoms with Crippen LogP contribution in [0.5, 0.6) is 23.0 Å². The molecule has 210 valence electrons. The smallest absolute Gasteiger partial charge is 0.194 e. The number of fused-ring (bicyclic) bond motifs is 2. The van der Waals surface area contributed by atoms with Gasteiger partial charge in [-0.1, -0.05) is 66.2 Å². The molecule has 0 bridgehead atoms. The summed E-state index contributed by atoms with van der Waals surface area (Å²) in [5.41, 5.74) is -0.292. The van der Waals surface area contributed by atoms with Gasteiger partial charge in [0.1, 0.15) is 34.1 Å². The maximum absolute atomic E-state index is 9.52. The molecular formula is C30H34N4O4S2. The fourth-order valence-electron chi connectivity index (χ4n) is 4.30. The van der Waals surface area contributed by atoms with Crippen LogP contribution < -0.4 is 18.9 Å². The van der Waals surface area contributed by atoms with Gasteiger partial charge in [-0.05, 0) is 48.2 Å². The Balaban J connectivity index is 2.15. The molecule has 0 fully saturated rings. The van der Waals surface area contributed by atoms with Crippen molar-refractivity contribution in [3.8, 4) is 47.3 Å². The topological polar surface area (TPSA) is 132 Å². The van der Waals surface area contributed by atoms with Crippen LogP contribution in [0.1, 0.15) is 79.1 Å². The molecule has 40 heavy (non-hydrogen) atoms. The summed E-state index contributed by atoms with van der Waals surface area (Å²) in [6.45, 7) is 9.43. The van der Waals surface area contributed by atoms with Crippen LogP contribution >= 0.6 is 23.5 Å². The highest BCUT2D eigenvalue weighted by molar-refractivity contribution is 8.04. The van der Waals surface area contributed by atoms with E-state index in [1.807, 2.05) is 24.3 Å². The third-order valence-electron chi connectivity index (χ3n) is 6.89. The van der Waals surface area contributed by atoms with Crippen LogP contribution in [0.25, 0.3) is 0 Å². The van der Waals surface area contributed by atoms with E-state index in [1.165, 1.54) is 0 Å². The highest BCUT2D eigenvalue weighted by Gasteiger charge is 2.41. The van der Waals surface area contributed by atoms with Gasteiger partial charge in [0.2, 0.25) is 0 Å². The van der Waals surface area contributed by atoms with E-state index in [9.17, 15) is 21.0 Å². The number of nitrogens with zero attached hydrogens (tertiary/aromatic N) is 4. The summed E-state index contributed by atoms with van der Waals surface area (Å²) in [6.07, 6.45) is 8.28. The Hall–Kier alpha value is -3.44. The van der Waals surface area contributed by atoms with Gasteiger partial charge in [0.15, 0.2) is 44.3 Å². The fourth-order valence-corrected chi connectivity index (χ4v) is 6.25. The van der Waals surface area contributed by atoms with Crippen LogP contribution in [0.3, 0.4) is 0 Å². The van der Waals surface area contributed by atoms with Gasteiger partial charge in [-0.2, -0.15) is 21.0 Å². The average Bonchev–Trinajstić information content (AvgIpc) is 3.60. The Morgan fingerprint density at radius 3 is 1.35 bits per heavy atom. The molecule has 0 saturated carbocycles. The monoisotopic (exact) mass is 578 g/mol. The molecule has 2 heterocycles. The summed E-state index contributed by atoms with van der Waals surface area (Å²) in [5, 5.41) is 38.4. The van der Waals surface area contributed by atoms with Gasteiger partial charge in [-0.15, -0.1) is 0 Å². The molecule has 0 saturated heterocycles. The van der Waals surface area contributed by atoms with Crippen LogP contribution in [0, 0.1) is 57.2 Å². The summed E-state index contributed by atoms with van der Waals surface area (Å²) >= 11 is 2.25. The lowest BCUT2D eigenvalue weighted by Crippen LogP contribution is -2.13. The van der Waals surface area contributed by atoms with Crippen LogP contribution in [-0.2, 0) is 0 Å². The summed E-state index contributed by atoms with van der Waals surface area (Å²) in [5.74, 6) is 2.16. The quantitative estimate of drug-likeness (QED) is 0.198. The molecule has 0 radical (unpaired) electrons. The molecule has 3 rings (SSSR count). The number of rotatable bonds is 14. The SMILES string of the molecule is CCCCC(CC)COc1c2c(c(OCC(CC)CCCC)c3c1SC(=C(C#N)C#N)O3)SC(=C(C#N)C#N)O2. The lowest BCUT2D eigenvalue weighted by Gasteiger charge is -2.21. The molecule has 0 spiro atoms. The number of hydrogen-bond acceptors (Lipinski definition) is 10. The Labute approximate surface area is 245 Å². The van der Waals surface area contributed by atoms with Gasteiger partial charge in [-0.3, -0.25) is 0 Å². The first-order valence-electron chi connectivity index (χ1n) is 13.8. The second-order valence-electron chi connectivity index (χ2n) is 9.61. The van der Waals surface area contributed by atoms with Crippen molar-refractivity contribution >= 4 is 23.5 Å². The highest BCUT2D eigenvalue weighted by Crippen LogP contribution is 2.65. The predicted octanol–water partition coefficient (Wildman–Crippen LogP) is 8.36. The van der Waals surface area contributed by atoms with Crippen molar-refractivity contribution < 1.29 is 18.9 Å². The first-order chi connectivity index (χ1) is 19.5. The van der Waals surface area contributed by atoms with E-state index < -0.39 is 0 Å². The van der Waals surface area contributed by atoms with Crippen molar-refractivity contribution in [2.75, 3.05) is 13.2 Å². The Morgan fingerprint density at radius 1 is 0.675 bits per heavy atom. The molecular weight excluding hydrogens is 544 g/mol. The third kappa shape index (κ3) is 7.00. The lowest BCUT2D eigenvalue weighted by atomic mass is 10.0. The second kappa shape index (κ2) is 15.4. The highest BCUT2D eigenvalue weighted by atomic mass is 32.2. The number of allylic oxidation sites excluding steroid dienone is 2. The van der Waals surface area contributed by atoms with Gasteiger partial charge < -0.3 is 18.9 Å². The van der Waals surface area contributed by atoms with Crippen molar-refractivity contribution in [1.82, 2.24) is 0 Å². The van der Waals surface area contributed by atoms with E-state index in [0.717, 1.165) is 74.9 Å². The molecule has 10 heteroatoms. The molecule has 0 amide bonds. The number of unbranched alkanes of at least 4 members (excludes halogenated alkanes) is 2. The maximum atomic E-state index is 9.52. The maximum Gasteiger partial charge on any atom is 0.194 e. The third-order valence-corrected chi connectivity index (χ3v) is 8.98. The van der Waals surface area contributed by atoms with E-state index in [2.05, 4.69) is 27.7 Å². The molecule has 2 atom stereocenters. The van der Waals surface area contributed by atoms with Gasteiger partial charge >= 0.3 is 0 Å². The van der Waals surface area contributed by atoms with Gasteiger partial charge in [0, 0.05) is 0 Å². The number of benzene rings is 1. The first-order valence-corrected chi connectivity index (χ1v) is 15.4. The summed E-state index contributed by atoms with van der Waals surface area (Å²) in [4.78, 5) is 1.10. The normalized spacial score (nSPS) is 14.3. The number of ether oxygens (including phenoxy) is 4. The second-order valence-corrected chi connectivity index (χ2v) is 11.6. The minimum Gasteiger partial charge on any atom is -0.488 e. The number of thioether (sulfide) groups is 2. The molecule has 0 aromatic heterocycles. The molecule has 2 unspecified atom stereocenters. The molecule has 2 aliphatic heterocycles. The zero-order valence-electron chi connectivity index (χ0n) is 23.5. The van der Waals surface area contributed by atoms with Crippen molar-refractivity contribution in [2.45, 2.75) is 88.9 Å². The Bertz CT molecular complexity index is 1150. The first kappa shape index (κ1) is 31.1. The minimum absolute atomic E-state index is 0.146.